The van der Waals surface area contributed by atoms with Crippen molar-refractivity contribution in [2.45, 2.75) is 13.8 Å². The van der Waals surface area contributed by atoms with E-state index in [0.717, 1.165) is 0 Å². The van der Waals surface area contributed by atoms with Crippen molar-refractivity contribution in [3.63, 3.8) is 0 Å². The van der Waals surface area contributed by atoms with Crippen molar-refractivity contribution in [1.29, 1.82) is 0 Å². The number of alkyl halides is 1. The van der Waals surface area contributed by atoms with Crippen LogP contribution < -0.4 is 0 Å². The zero-order chi connectivity index (χ0) is 11.7. The summed E-state index contributed by atoms with van der Waals surface area (Å²) in [5, 5.41) is 0. The van der Waals surface area contributed by atoms with Crippen molar-refractivity contribution in [3.05, 3.63) is 0 Å². The molecule has 0 aromatic rings. The SMILES string of the molecule is CCOP(=O)(CCOC(=O)CCl)OCC. The highest BCUT2D eigenvalue weighted by atomic mass is 35.5. The normalized spacial score (nSPS) is 11.4. The Morgan fingerprint density at radius 1 is 1.27 bits per heavy atom. The minimum Gasteiger partial charge on any atom is -0.464 e. The molecule has 0 N–H and O–H groups in total. The zero-order valence-electron chi connectivity index (χ0n) is 8.90. The zero-order valence-corrected chi connectivity index (χ0v) is 10.6. The average molecular weight is 259 g/mol. The molecule has 5 nitrogen and oxygen atoms in total. The fourth-order valence-electron chi connectivity index (χ4n) is 0.870. The molecule has 0 fully saturated rings. The molecular formula is C8H16ClO5P. The summed E-state index contributed by atoms with van der Waals surface area (Å²) in [4.78, 5) is 10.7. The minimum atomic E-state index is -3.11. The molecule has 0 unspecified atom stereocenters. The van der Waals surface area contributed by atoms with Crippen LogP contribution in [0.25, 0.3) is 0 Å². The Morgan fingerprint density at radius 2 is 1.80 bits per heavy atom. The van der Waals surface area contributed by atoms with E-state index < -0.39 is 13.6 Å². The quantitative estimate of drug-likeness (QED) is 0.379. The summed E-state index contributed by atoms with van der Waals surface area (Å²) in [5.41, 5.74) is 0. The van der Waals surface area contributed by atoms with Crippen LogP contribution in [0.15, 0.2) is 0 Å². The first-order valence-corrected chi connectivity index (χ1v) is 6.94. The Labute approximate surface area is 94.6 Å². The van der Waals surface area contributed by atoms with Crippen LogP contribution in [-0.4, -0.2) is 37.8 Å². The molecule has 0 aliphatic heterocycles. The highest BCUT2D eigenvalue weighted by Crippen LogP contribution is 2.47. The topological polar surface area (TPSA) is 61.8 Å². The van der Waals surface area contributed by atoms with E-state index in [1.54, 1.807) is 13.8 Å². The van der Waals surface area contributed by atoms with Gasteiger partial charge in [0, 0.05) is 0 Å². The van der Waals surface area contributed by atoms with E-state index in [4.69, 9.17) is 20.6 Å². The third kappa shape index (κ3) is 6.90. The summed E-state index contributed by atoms with van der Waals surface area (Å²) in [6.45, 7) is 4.01. The Morgan fingerprint density at radius 3 is 2.20 bits per heavy atom. The van der Waals surface area contributed by atoms with Gasteiger partial charge in [-0.25, -0.2) is 0 Å². The lowest BCUT2D eigenvalue weighted by Gasteiger charge is -2.16. The number of ether oxygens (including phenoxy) is 1. The Bertz CT molecular complexity index is 223. The summed E-state index contributed by atoms with van der Waals surface area (Å²) in [6.07, 6.45) is 0.0529. The predicted octanol–water partition coefficient (Wildman–Crippen LogP) is 2.03. The summed E-state index contributed by atoms with van der Waals surface area (Å²) >= 11 is 5.22. The Kier molecular flexibility index (Phi) is 8.06. The fourth-order valence-corrected chi connectivity index (χ4v) is 2.38. The number of rotatable bonds is 8. The van der Waals surface area contributed by atoms with Crippen molar-refractivity contribution in [1.82, 2.24) is 0 Å². The van der Waals surface area contributed by atoms with E-state index >= 15 is 0 Å². The van der Waals surface area contributed by atoms with Crippen LogP contribution in [0.3, 0.4) is 0 Å². The molecule has 0 amide bonds. The van der Waals surface area contributed by atoms with Gasteiger partial charge in [-0.15, -0.1) is 11.6 Å². The van der Waals surface area contributed by atoms with Crippen molar-refractivity contribution >= 4 is 25.2 Å². The third-order valence-electron chi connectivity index (χ3n) is 1.39. The van der Waals surface area contributed by atoms with Gasteiger partial charge < -0.3 is 13.8 Å². The molecule has 0 heterocycles. The number of carbonyl (C=O) groups is 1. The van der Waals surface area contributed by atoms with Crippen LogP contribution in [0.2, 0.25) is 0 Å². The largest absolute Gasteiger partial charge is 0.464 e. The van der Waals surface area contributed by atoms with Gasteiger partial charge in [-0.2, -0.15) is 0 Å². The van der Waals surface area contributed by atoms with Gasteiger partial charge in [0.2, 0.25) is 0 Å². The molecule has 15 heavy (non-hydrogen) atoms. The highest BCUT2D eigenvalue weighted by molar-refractivity contribution is 7.53. The third-order valence-corrected chi connectivity index (χ3v) is 3.64. The average Bonchev–Trinajstić information content (AvgIpc) is 2.18. The van der Waals surface area contributed by atoms with Crippen molar-refractivity contribution in [3.8, 4) is 0 Å². The molecule has 0 rings (SSSR count). The van der Waals surface area contributed by atoms with Crippen molar-refractivity contribution in [2.24, 2.45) is 0 Å². The van der Waals surface area contributed by atoms with Gasteiger partial charge in [0.1, 0.15) is 12.5 Å². The molecule has 7 heteroatoms. The predicted molar refractivity (Wildman–Crippen MR) is 57.4 cm³/mol. The van der Waals surface area contributed by atoms with E-state index in [-0.39, 0.29) is 18.6 Å². The standard InChI is InChI=1S/C8H16ClO5P/c1-3-13-15(11,14-4-2)6-5-12-8(10)7-9/h3-7H2,1-2H3. The first-order chi connectivity index (χ1) is 7.08. The number of hydrogen-bond acceptors (Lipinski definition) is 5. The van der Waals surface area contributed by atoms with Gasteiger partial charge in [-0.1, -0.05) is 0 Å². The smallest absolute Gasteiger partial charge is 0.334 e. The molecule has 0 aromatic carbocycles. The molecule has 0 radical (unpaired) electrons. The summed E-state index contributed by atoms with van der Waals surface area (Å²) in [7, 11) is -3.11. The monoisotopic (exact) mass is 258 g/mol. The van der Waals surface area contributed by atoms with Crippen LogP contribution in [0, 0.1) is 0 Å². The lowest BCUT2D eigenvalue weighted by atomic mass is 10.8. The molecule has 0 bridgehead atoms. The molecule has 0 aromatic heterocycles. The van der Waals surface area contributed by atoms with Crippen LogP contribution in [-0.2, 0) is 23.1 Å². The van der Waals surface area contributed by atoms with Gasteiger partial charge in [0.15, 0.2) is 0 Å². The van der Waals surface area contributed by atoms with Gasteiger partial charge >= 0.3 is 13.6 Å². The molecule has 0 saturated heterocycles. The Hall–Kier alpha value is -0.0900. The lowest BCUT2D eigenvalue weighted by Crippen LogP contribution is -2.11. The van der Waals surface area contributed by atoms with Crippen LogP contribution in [0.1, 0.15) is 13.8 Å². The van der Waals surface area contributed by atoms with E-state index in [2.05, 4.69) is 4.74 Å². The summed E-state index contributed by atoms with van der Waals surface area (Å²) < 4.78 is 26.5. The number of hydrogen-bond donors (Lipinski definition) is 0. The lowest BCUT2D eigenvalue weighted by molar-refractivity contribution is -0.139. The van der Waals surface area contributed by atoms with E-state index in [0.29, 0.717) is 13.2 Å². The van der Waals surface area contributed by atoms with E-state index in [1.807, 2.05) is 0 Å². The molecule has 0 aliphatic carbocycles. The van der Waals surface area contributed by atoms with Crippen molar-refractivity contribution < 1.29 is 23.1 Å². The number of esters is 1. The molecule has 0 spiro atoms. The van der Waals surface area contributed by atoms with Gasteiger partial charge in [-0.3, -0.25) is 9.36 Å². The van der Waals surface area contributed by atoms with Crippen LogP contribution in [0.4, 0.5) is 0 Å². The van der Waals surface area contributed by atoms with Crippen LogP contribution in [0.5, 0.6) is 0 Å². The molecule has 0 saturated carbocycles. The molecular weight excluding hydrogens is 243 g/mol. The highest BCUT2D eigenvalue weighted by Gasteiger charge is 2.23. The Balaban J connectivity index is 3.96. The second-order valence-electron chi connectivity index (χ2n) is 2.52. The first kappa shape index (κ1) is 14.9. The molecule has 90 valence electrons. The van der Waals surface area contributed by atoms with Gasteiger partial charge in [0.25, 0.3) is 0 Å². The van der Waals surface area contributed by atoms with Gasteiger partial charge in [-0.05, 0) is 13.8 Å². The summed E-state index contributed by atoms with van der Waals surface area (Å²) in [5.74, 6) is -0.760. The first-order valence-electron chi connectivity index (χ1n) is 4.67. The maximum atomic E-state index is 11.8. The van der Waals surface area contributed by atoms with Crippen LogP contribution >= 0.6 is 19.2 Å². The second-order valence-corrected chi connectivity index (χ2v) is 4.98. The minimum absolute atomic E-state index is 0.0111. The van der Waals surface area contributed by atoms with E-state index in [1.165, 1.54) is 0 Å². The van der Waals surface area contributed by atoms with Gasteiger partial charge in [0.05, 0.1) is 19.4 Å². The summed E-state index contributed by atoms with van der Waals surface area (Å²) in [6, 6.07) is 0. The fraction of sp³-hybridized carbons (Fsp3) is 0.875. The van der Waals surface area contributed by atoms with Crippen molar-refractivity contribution in [2.75, 3.05) is 31.9 Å². The maximum Gasteiger partial charge on any atom is 0.334 e. The molecule has 0 aliphatic rings. The molecule has 0 atom stereocenters. The second kappa shape index (κ2) is 8.11. The number of carbonyl (C=O) groups excluding carboxylic acids is 1. The van der Waals surface area contributed by atoms with E-state index in [9.17, 15) is 9.36 Å². The maximum absolute atomic E-state index is 11.8. The number of halogens is 1.